The van der Waals surface area contributed by atoms with Gasteiger partial charge in [-0.2, -0.15) is 0 Å². The Morgan fingerprint density at radius 1 is 1.29 bits per heavy atom. The second-order valence-corrected chi connectivity index (χ2v) is 6.59. The van der Waals surface area contributed by atoms with Crippen molar-refractivity contribution in [2.75, 3.05) is 11.9 Å². The Hall–Kier alpha value is -1.62. The minimum atomic E-state index is -0.410. The van der Waals surface area contributed by atoms with Crippen molar-refractivity contribution in [2.45, 2.75) is 31.7 Å². The van der Waals surface area contributed by atoms with Crippen LogP contribution in [0.2, 0.25) is 0 Å². The minimum Gasteiger partial charge on any atom is -0.366 e. The topological polar surface area (TPSA) is 58.4 Å². The second-order valence-electron chi connectivity index (χ2n) is 6.20. The van der Waals surface area contributed by atoms with Gasteiger partial charge in [-0.1, -0.05) is 6.42 Å². The van der Waals surface area contributed by atoms with E-state index >= 15 is 0 Å². The summed E-state index contributed by atoms with van der Waals surface area (Å²) in [5, 5.41) is 4.26. The van der Waals surface area contributed by atoms with E-state index in [1.807, 2.05) is 24.1 Å². The third-order valence-corrected chi connectivity index (χ3v) is 5.28. The number of carbonyl (C=O) groups excluding carboxylic acids is 1. The standard InChI is InChI=1S/C16H21N3OS/c1-19(13-6-4-11(5-7-13)15(17)20)16(21)18-14-9-10-2-3-12(14)8-10/h4-7,10,12,14H,2-3,8-9H2,1H3,(H2,17,20)(H,18,21). The zero-order valence-electron chi connectivity index (χ0n) is 12.2. The van der Waals surface area contributed by atoms with Gasteiger partial charge in [-0.3, -0.25) is 4.79 Å². The van der Waals surface area contributed by atoms with Crippen LogP contribution in [0.3, 0.4) is 0 Å². The number of benzene rings is 1. The molecule has 0 radical (unpaired) electrons. The monoisotopic (exact) mass is 303 g/mol. The maximum Gasteiger partial charge on any atom is 0.248 e. The Morgan fingerprint density at radius 3 is 2.52 bits per heavy atom. The summed E-state index contributed by atoms with van der Waals surface area (Å²) in [5.41, 5.74) is 6.72. The molecule has 2 bridgehead atoms. The highest BCUT2D eigenvalue weighted by Crippen LogP contribution is 2.44. The van der Waals surface area contributed by atoms with Gasteiger partial charge < -0.3 is 16.0 Å². The molecule has 2 fully saturated rings. The SMILES string of the molecule is CN(C(=S)NC1CC2CCC1C2)c1ccc(C(N)=O)cc1. The molecular weight excluding hydrogens is 282 g/mol. The summed E-state index contributed by atoms with van der Waals surface area (Å²) in [6, 6.07) is 7.73. The van der Waals surface area contributed by atoms with Crippen LogP contribution >= 0.6 is 12.2 Å². The highest BCUT2D eigenvalue weighted by molar-refractivity contribution is 7.80. The quantitative estimate of drug-likeness (QED) is 0.841. The molecule has 0 saturated heterocycles. The van der Waals surface area contributed by atoms with E-state index in [0.29, 0.717) is 11.6 Å². The average Bonchev–Trinajstić information content (AvgIpc) is 3.09. The predicted molar refractivity (Wildman–Crippen MR) is 88.3 cm³/mol. The molecule has 112 valence electrons. The number of primary amides is 1. The molecule has 0 aromatic heterocycles. The number of nitrogens with one attached hydrogen (secondary N) is 1. The van der Waals surface area contributed by atoms with Crippen molar-refractivity contribution in [3.63, 3.8) is 0 Å². The van der Waals surface area contributed by atoms with E-state index in [0.717, 1.165) is 22.6 Å². The lowest BCUT2D eigenvalue weighted by molar-refractivity contribution is 0.100. The Kier molecular flexibility index (Phi) is 3.85. The molecule has 1 aromatic carbocycles. The van der Waals surface area contributed by atoms with Crippen LogP contribution in [0.25, 0.3) is 0 Å². The van der Waals surface area contributed by atoms with Gasteiger partial charge in [-0.25, -0.2) is 0 Å². The smallest absolute Gasteiger partial charge is 0.248 e. The molecule has 3 N–H and O–H groups in total. The first kappa shape index (κ1) is 14.3. The van der Waals surface area contributed by atoms with Gasteiger partial charge >= 0.3 is 0 Å². The molecule has 3 rings (SSSR count). The van der Waals surface area contributed by atoms with Gasteiger partial charge in [0.1, 0.15) is 0 Å². The highest BCUT2D eigenvalue weighted by atomic mass is 32.1. The van der Waals surface area contributed by atoms with E-state index in [1.165, 1.54) is 25.7 Å². The lowest BCUT2D eigenvalue weighted by Gasteiger charge is -2.28. The average molecular weight is 303 g/mol. The number of carbonyl (C=O) groups is 1. The molecule has 4 nitrogen and oxygen atoms in total. The number of rotatable bonds is 3. The first-order valence-electron chi connectivity index (χ1n) is 7.48. The first-order chi connectivity index (χ1) is 10.0. The van der Waals surface area contributed by atoms with Crippen molar-refractivity contribution in [2.24, 2.45) is 17.6 Å². The molecule has 0 heterocycles. The Bertz CT molecular complexity index is 557. The Morgan fingerprint density at radius 2 is 2.00 bits per heavy atom. The van der Waals surface area contributed by atoms with Crippen LogP contribution in [0.4, 0.5) is 5.69 Å². The molecular formula is C16H21N3OS. The van der Waals surface area contributed by atoms with Gasteiger partial charge in [0.2, 0.25) is 5.91 Å². The van der Waals surface area contributed by atoms with Gasteiger partial charge in [0, 0.05) is 24.3 Å². The van der Waals surface area contributed by atoms with Crippen molar-refractivity contribution < 1.29 is 4.79 Å². The van der Waals surface area contributed by atoms with Crippen LogP contribution in [-0.2, 0) is 0 Å². The molecule has 3 unspecified atom stereocenters. The lowest BCUT2D eigenvalue weighted by Crippen LogP contribution is -2.45. The van der Waals surface area contributed by atoms with E-state index in [2.05, 4.69) is 5.32 Å². The van der Waals surface area contributed by atoms with Gasteiger partial charge in [0.25, 0.3) is 0 Å². The number of nitrogens with zero attached hydrogens (tertiary/aromatic N) is 1. The van der Waals surface area contributed by atoms with Crippen molar-refractivity contribution in [3.8, 4) is 0 Å². The summed E-state index contributed by atoms with van der Waals surface area (Å²) in [5.74, 6) is 1.28. The number of hydrogen-bond donors (Lipinski definition) is 2. The third-order valence-electron chi connectivity index (χ3n) is 4.89. The normalized spacial score (nSPS) is 26.6. The molecule has 0 spiro atoms. The van der Waals surface area contributed by atoms with E-state index in [4.69, 9.17) is 18.0 Å². The number of fused-ring (bicyclic) bond motifs is 2. The van der Waals surface area contributed by atoms with E-state index in [1.54, 1.807) is 12.1 Å². The summed E-state index contributed by atoms with van der Waals surface area (Å²) in [7, 11) is 1.95. The van der Waals surface area contributed by atoms with Gasteiger partial charge in [-0.15, -0.1) is 0 Å². The molecule has 5 heteroatoms. The van der Waals surface area contributed by atoms with Crippen LogP contribution in [-0.4, -0.2) is 24.1 Å². The predicted octanol–water partition coefficient (Wildman–Crippen LogP) is 2.28. The third kappa shape index (κ3) is 2.88. The number of hydrogen-bond acceptors (Lipinski definition) is 2. The van der Waals surface area contributed by atoms with Crippen molar-refractivity contribution in [3.05, 3.63) is 29.8 Å². The molecule has 3 atom stereocenters. The molecule has 2 saturated carbocycles. The van der Waals surface area contributed by atoms with Crippen LogP contribution in [0, 0.1) is 11.8 Å². The van der Waals surface area contributed by atoms with Crippen molar-refractivity contribution in [1.82, 2.24) is 5.32 Å². The molecule has 1 amide bonds. The Balaban J connectivity index is 1.62. The van der Waals surface area contributed by atoms with Crippen molar-refractivity contribution in [1.29, 1.82) is 0 Å². The van der Waals surface area contributed by atoms with Gasteiger partial charge in [0.05, 0.1) is 0 Å². The van der Waals surface area contributed by atoms with Crippen LogP contribution in [0.5, 0.6) is 0 Å². The van der Waals surface area contributed by atoms with Crippen LogP contribution in [0.15, 0.2) is 24.3 Å². The number of anilines is 1. The lowest BCUT2D eigenvalue weighted by atomic mass is 9.95. The minimum absolute atomic E-state index is 0.410. The van der Waals surface area contributed by atoms with E-state index < -0.39 is 5.91 Å². The Labute approximate surface area is 130 Å². The summed E-state index contributed by atoms with van der Waals surface area (Å²) in [6.07, 6.45) is 5.33. The molecule has 1 aromatic rings. The summed E-state index contributed by atoms with van der Waals surface area (Å²) >= 11 is 5.52. The van der Waals surface area contributed by atoms with Gasteiger partial charge in [0.15, 0.2) is 5.11 Å². The molecule has 2 aliphatic carbocycles. The fourth-order valence-electron chi connectivity index (χ4n) is 3.64. The molecule has 2 aliphatic rings. The number of thiocarbonyl (C=S) groups is 1. The highest BCUT2D eigenvalue weighted by Gasteiger charge is 2.39. The van der Waals surface area contributed by atoms with E-state index in [-0.39, 0.29) is 0 Å². The second kappa shape index (κ2) is 5.64. The summed E-state index contributed by atoms with van der Waals surface area (Å²) in [4.78, 5) is 13.0. The van der Waals surface area contributed by atoms with Crippen LogP contribution in [0.1, 0.15) is 36.0 Å². The number of amides is 1. The summed E-state index contributed by atoms with van der Waals surface area (Å²) < 4.78 is 0. The zero-order chi connectivity index (χ0) is 15.0. The van der Waals surface area contributed by atoms with E-state index in [9.17, 15) is 4.79 Å². The fraction of sp³-hybridized carbons (Fsp3) is 0.500. The van der Waals surface area contributed by atoms with Gasteiger partial charge in [-0.05, 0) is 67.6 Å². The van der Waals surface area contributed by atoms with Crippen molar-refractivity contribution >= 4 is 28.9 Å². The largest absolute Gasteiger partial charge is 0.366 e. The van der Waals surface area contributed by atoms with Crippen LogP contribution < -0.4 is 16.0 Å². The maximum absolute atomic E-state index is 11.1. The molecule has 21 heavy (non-hydrogen) atoms. The maximum atomic E-state index is 11.1. The first-order valence-corrected chi connectivity index (χ1v) is 7.89. The summed E-state index contributed by atoms with van der Waals surface area (Å²) in [6.45, 7) is 0. The molecule has 0 aliphatic heterocycles. The fourth-order valence-corrected chi connectivity index (χ4v) is 3.90. The number of nitrogens with two attached hydrogens (primary N) is 1. The zero-order valence-corrected chi connectivity index (χ0v) is 13.0.